The van der Waals surface area contributed by atoms with Crippen molar-refractivity contribution in [2.75, 3.05) is 13.7 Å². The topological polar surface area (TPSA) is 68.5 Å². The first kappa shape index (κ1) is 19.5. The van der Waals surface area contributed by atoms with E-state index in [4.69, 9.17) is 20.8 Å². The Labute approximate surface area is 174 Å². The molecule has 6 nitrogen and oxygen atoms in total. The quantitative estimate of drug-likeness (QED) is 0.609. The van der Waals surface area contributed by atoms with Crippen molar-refractivity contribution in [1.82, 2.24) is 14.9 Å². The van der Waals surface area contributed by atoms with Crippen molar-refractivity contribution in [1.29, 1.82) is 0 Å². The number of amides is 1. The first-order valence-corrected chi connectivity index (χ1v) is 10.0. The predicted molar refractivity (Wildman–Crippen MR) is 109 cm³/mol. The van der Waals surface area contributed by atoms with Crippen LogP contribution in [0.3, 0.4) is 0 Å². The Morgan fingerprint density at radius 2 is 2.07 bits per heavy atom. The van der Waals surface area contributed by atoms with Gasteiger partial charge in [-0.3, -0.25) is 4.79 Å². The molecule has 0 aliphatic carbocycles. The van der Waals surface area contributed by atoms with Crippen LogP contribution in [0, 0.1) is 0 Å². The Morgan fingerprint density at radius 3 is 2.83 bits per heavy atom. The van der Waals surface area contributed by atoms with Crippen LogP contribution in [0.15, 0.2) is 53.2 Å². The molecule has 0 unspecified atom stereocenters. The Hall–Kier alpha value is -2.86. The molecule has 0 radical (unpaired) electrons. The molecule has 2 aromatic heterocycles. The van der Waals surface area contributed by atoms with Crippen molar-refractivity contribution >= 4 is 17.5 Å². The molecule has 150 valence electrons. The predicted octanol–water partition coefficient (Wildman–Crippen LogP) is 4.69. The molecule has 3 heterocycles. The lowest BCUT2D eigenvalue weighted by atomic mass is 10.0. The summed E-state index contributed by atoms with van der Waals surface area (Å²) in [5, 5.41) is 0.701. The number of pyridine rings is 1. The van der Waals surface area contributed by atoms with Gasteiger partial charge in [-0.15, -0.1) is 0 Å². The van der Waals surface area contributed by atoms with E-state index in [1.807, 2.05) is 29.2 Å². The standard InChI is InChI=1S/C22H22ClN3O3/c1-28-20-10-9-16(13-24-20)22(27)26-11-5-4-8-19(26)21-25-14-17(29-21)12-15-6-2-3-7-18(15)23/h2-3,6-7,9-10,13-14,19H,4-5,8,11-12H2,1H3/t19-/m0/s1. The summed E-state index contributed by atoms with van der Waals surface area (Å²) in [6.45, 7) is 0.664. The molecule has 1 aliphatic heterocycles. The zero-order valence-electron chi connectivity index (χ0n) is 16.2. The van der Waals surface area contributed by atoms with Crippen LogP contribution >= 0.6 is 11.6 Å². The first-order valence-electron chi connectivity index (χ1n) is 9.64. The third kappa shape index (κ3) is 4.27. The number of hydrogen-bond acceptors (Lipinski definition) is 5. The van der Waals surface area contributed by atoms with E-state index >= 15 is 0 Å². The number of carbonyl (C=O) groups excluding carboxylic acids is 1. The molecule has 3 aromatic rings. The van der Waals surface area contributed by atoms with E-state index in [0.717, 1.165) is 30.6 Å². The van der Waals surface area contributed by atoms with Crippen LogP contribution in [0.25, 0.3) is 0 Å². The van der Waals surface area contributed by atoms with Gasteiger partial charge in [0.25, 0.3) is 5.91 Å². The van der Waals surface area contributed by atoms with E-state index in [1.165, 1.54) is 0 Å². The van der Waals surface area contributed by atoms with E-state index in [1.54, 1.807) is 31.6 Å². The van der Waals surface area contributed by atoms with Gasteiger partial charge in [-0.2, -0.15) is 0 Å². The van der Waals surface area contributed by atoms with Crippen LogP contribution in [0.4, 0.5) is 0 Å². The minimum atomic E-state index is -0.182. The Balaban J connectivity index is 1.53. The van der Waals surface area contributed by atoms with Gasteiger partial charge < -0.3 is 14.1 Å². The molecule has 1 fully saturated rings. The third-order valence-corrected chi connectivity index (χ3v) is 5.50. The number of nitrogens with zero attached hydrogens (tertiary/aromatic N) is 3. The molecule has 1 amide bonds. The third-order valence-electron chi connectivity index (χ3n) is 5.14. The number of methoxy groups -OCH3 is 1. The molecule has 7 heteroatoms. The summed E-state index contributed by atoms with van der Waals surface area (Å²) in [6, 6.07) is 10.9. The number of ether oxygens (including phenoxy) is 1. The van der Waals surface area contributed by atoms with E-state index < -0.39 is 0 Å². The summed E-state index contributed by atoms with van der Waals surface area (Å²) in [5.41, 5.74) is 1.51. The summed E-state index contributed by atoms with van der Waals surface area (Å²) in [4.78, 5) is 23.5. The normalized spacial score (nSPS) is 16.6. The molecule has 1 aromatic carbocycles. The van der Waals surface area contributed by atoms with Crippen molar-refractivity contribution in [3.05, 3.63) is 76.6 Å². The highest BCUT2D eigenvalue weighted by Crippen LogP contribution is 2.32. The summed E-state index contributed by atoms with van der Waals surface area (Å²) < 4.78 is 11.1. The van der Waals surface area contributed by atoms with Crippen LogP contribution in [0.1, 0.15) is 52.9 Å². The van der Waals surface area contributed by atoms with E-state index in [-0.39, 0.29) is 11.9 Å². The highest BCUT2D eigenvalue weighted by atomic mass is 35.5. The minimum Gasteiger partial charge on any atom is -0.481 e. The molecule has 1 aliphatic rings. The Bertz CT molecular complexity index is 987. The van der Waals surface area contributed by atoms with Crippen LogP contribution in [0.5, 0.6) is 5.88 Å². The number of benzene rings is 1. The maximum absolute atomic E-state index is 13.1. The molecule has 4 rings (SSSR count). The number of hydrogen-bond donors (Lipinski definition) is 0. The number of aromatic nitrogens is 2. The number of halogens is 1. The Morgan fingerprint density at radius 1 is 1.21 bits per heavy atom. The largest absolute Gasteiger partial charge is 0.481 e. The lowest BCUT2D eigenvalue weighted by Crippen LogP contribution is -2.38. The number of piperidine rings is 1. The molecular weight excluding hydrogens is 390 g/mol. The smallest absolute Gasteiger partial charge is 0.256 e. The van der Waals surface area contributed by atoms with E-state index in [0.29, 0.717) is 35.3 Å². The van der Waals surface area contributed by atoms with Crippen LogP contribution < -0.4 is 4.74 Å². The molecule has 0 bridgehead atoms. The van der Waals surface area contributed by atoms with E-state index in [2.05, 4.69) is 9.97 Å². The molecular formula is C22H22ClN3O3. The number of carbonyl (C=O) groups is 1. The number of likely N-dealkylation sites (tertiary alicyclic amines) is 1. The Kier molecular flexibility index (Phi) is 5.81. The molecule has 0 N–H and O–H groups in total. The van der Waals surface area contributed by atoms with E-state index in [9.17, 15) is 4.79 Å². The minimum absolute atomic E-state index is 0.0734. The van der Waals surface area contributed by atoms with Gasteiger partial charge in [-0.25, -0.2) is 9.97 Å². The monoisotopic (exact) mass is 411 g/mol. The lowest BCUT2D eigenvalue weighted by molar-refractivity contribution is 0.0569. The highest BCUT2D eigenvalue weighted by molar-refractivity contribution is 6.31. The number of oxazole rings is 1. The average Bonchev–Trinajstić information content (AvgIpc) is 3.23. The fraction of sp³-hybridized carbons (Fsp3) is 0.318. The molecule has 1 atom stereocenters. The van der Waals surface area contributed by atoms with Gasteiger partial charge >= 0.3 is 0 Å². The lowest BCUT2D eigenvalue weighted by Gasteiger charge is -2.33. The van der Waals surface area contributed by atoms with Gasteiger partial charge in [-0.1, -0.05) is 29.8 Å². The van der Waals surface area contributed by atoms with Gasteiger partial charge in [0.1, 0.15) is 11.8 Å². The van der Waals surface area contributed by atoms with Crippen molar-refractivity contribution in [3.63, 3.8) is 0 Å². The van der Waals surface area contributed by atoms with Crippen molar-refractivity contribution in [2.24, 2.45) is 0 Å². The van der Waals surface area contributed by atoms with Gasteiger partial charge in [0.15, 0.2) is 0 Å². The second-order valence-electron chi connectivity index (χ2n) is 7.03. The molecule has 0 saturated carbocycles. The summed E-state index contributed by atoms with van der Waals surface area (Å²) >= 11 is 6.25. The first-order chi connectivity index (χ1) is 14.2. The maximum Gasteiger partial charge on any atom is 0.256 e. The van der Waals surface area contributed by atoms with Crippen molar-refractivity contribution in [2.45, 2.75) is 31.7 Å². The second-order valence-corrected chi connectivity index (χ2v) is 7.44. The fourth-order valence-corrected chi connectivity index (χ4v) is 3.82. The van der Waals surface area contributed by atoms with Crippen molar-refractivity contribution < 1.29 is 13.9 Å². The van der Waals surface area contributed by atoms with Gasteiger partial charge in [0.05, 0.1) is 18.9 Å². The van der Waals surface area contributed by atoms with Gasteiger partial charge in [0.2, 0.25) is 11.8 Å². The van der Waals surface area contributed by atoms with Crippen molar-refractivity contribution in [3.8, 4) is 5.88 Å². The fourth-order valence-electron chi connectivity index (χ4n) is 3.61. The summed E-state index contributed by atoms with van der Waals surface area (Å²) in [6.07, 6.45) is 6.64. The van der Waals surface area contributed by atoms with Gasteiger partial charge in [-0.05, 0) is 37.0 Å². The zero-order valence-corrected chi connectivity index (χ0v) is 16.9. The highest BCUT2D eigenvalue weighted by Gasteiger charge is 2.32. The second kappa shape index (κ2) is 8.66. The van der Waals surface area contributed by atoms with Crippen LogP contribution in [0.2, 0.25) is 5.02 Å². The SMILES string of the molecule is COc1ccc(C(=O)N2CCCC[C@H]2c2ncc(Cc3ccccc3Cl)o2)cn1. The maximum atomic E-state index is 13.1. The number of rotatable bonds is 5. The molecule has 0 spiro atoms. The average molecular weight is 412 g/mol. The zero-order chi connectivity index (χ0) is 20.2. The summed E-state index contributed by atoms with van der Waals surface area (Å²) in [7, 11) is 1.55. The summed E-state index contributed by atoms with van der Waals surface area (Å²) in [5.74, 6) is 1.71. The van der Waals surface area contributed by atoms with Gasteiger partial charge in [0, 0.05) is 30.3 Å². The molecule has 1 saturated heterocycles. The van der Waals surface area contributed by atoms with Crippen LogP contribution in [-0.2, 0) is 6.42 Å². The van der Waals surface area contributed by atoms with Crippen LogP contribution in [-0.4, -0.2) is 34.4 Å². The molecule has 29 heavy (non-hydrogen) atoms.